The van der Waals surface area contributed by atoms with Gasteiger partial charge in [-0.2, -0.15) is 0 Å². The summed E-state index contributed by atoms with van der Waals surface area (Å²) >= 11 is 0. The molecule has 1 aliphatic rings. The van der Waals surface area contributed by atoms with Crippen LogP contribution < -0.4 is 0 Å². The number of nitrogens with zero attached hydrogens (tertiary/aromatic N) is 1. The van der Waals surface area contributed by atoms with Crippen LogP contribution in [-0.2, 0) is 23.9 Å². The Labute approximate surface area is 97.8 Å². The summed E-state index contributed by atoms with van der Waals surface area (Å²) in [6, 6.07) is 0. The quantitative estimate of drug-likeness (QED) is 0.514. The number of carbonyl (C=O) groups excluding carboxylic acids is 3. The van der Waals surface area contributed by atoms with Gasteiger partial charge in [0, 0.05) is 18.8 Å². The third-order valence-corrected chi connectivity index (χ3v) is 2.09. The van der Waals surface area contributed by atoms with Crippen molar-refractivity contribution in [2.75, 3.05) is 14.2 Å². The molecular weight excluding hydrogens is 226 g/mol. The lowest BCUT2D eigenvalue weighted by atomic mass is 10.0. The molecule has 17 heavy (non-hydrogen) atoms. The smallest absolute Gasteiger partial charge is 0.335 e. The molecule has 6 nitrogen and oxygen atoms in total. The van der Waals surface area contributed by atoms with E-state index in [4.69, 9.17) is 0 Å². The standard InChI is InChI=1S/C11H11NO5/c1-16-10(14)8-5-9(11(15)17-2)7-12(6-8)3-4-13/h3,6-7H,5H2,1-2H3. The van der Waals surface area contributed by atoms with Gasteiger partial charge in [0.15, 0.2) is 0 Å². The van der Waals surface area contributed by atoms with Gasteiger partial charge in [-0.05, 0) is 0 Å². The first-order valence-electron chi connectivity index (χ1n) is 4.68. The number of esters is 2. The first kappa shape index (κ1) is 12.7. The van der Waals surface area contributed by atoms with Crippen LogP contribution in [0.3, 0.4) is 0 Å². The first-order valence-corrected chi connectivity index (χ1v) is 4.68. The van der Waals surface area contributed by atoms with Crippen LogP contribution in [0.4, 0.5) is 0 Å². The minimum atomic E-state index is -0.566. The predicted octanol–water partition coefficient (Wildman–Crippen LogP) is 0.151. The molecule has 0 saturated heterocycles. The van der Waals surface area contributed by atoms with Gasteiger partial charge in [0.1, 0.15) is 5.94 Å². The van der Waals surface area contributed by atoms with Gasteiger partial charge < -0.3 is 14.4 Å². The molecule has 90 valence electrons. The molecule has 1 aliphatic heterocycles. The summed E-state index contributed by atoms with van der Waals surface area (Å²) < 4.78 is 9.10. The summed E-state index contributed by atoms with van der Waals surface area (Å²) in [5.74, 6) is 0.418. The largest absolute Gasteiger partial charge is 0.466 e. The molecule has 0 spiro atoms. The maximum Gasteiger partial charge on any atom is 0.335 e. The van der Waals surface area contributed by atoms with E-state index in [1.807, 2.05) is 0 Å². The van der Waals surface area contributed by atoms with Crippen LogP contribution in [0.5, 0.6) is 0 Å². The van der Waals surface area contributed by atoms with Gasteiger partial charge in [-0.1, -0.05) is 0 Å². The van der Waals surface area contributed by atoms with Crippen molar-refractivity contribution < 1.29 is 23.9 Å². The molecule has 0 saturated carbocycles. The summed E-state index contributed by atoms with van der Waals surface area (Å²) in [7, 11) is 2.47. The van der Waals surface area contributed by atoms with Crippen molar-refractivity contribution in [2.24, 2.45) is 0 Å². The van der Waals surface area contributed by atoms with Crippen LogP contribution in [-0.4, -0.2) is 37.0 Å². The number of ether oxygens (including phenoxy) is 2. The lowest BCUT2D eigenvalue weighted by Gasteiger charge is -2.19. The van der Waals surface area contributed by atoms with Crippen LogP contribution in [0.1, 0.15) is 6.42 Å². The molecule has 1 heterocycles. The molecule has 0 unspecified atom stereocenters. The molecule has 0 N–H and O–H groups in total. The molecule has 0 fully saturated rings. The highest BCUT2D eigenvalue weighted by Crippen LogP contribution is 2.21. The minimum absolute atomic E-state index is 0.0997. The Hall–Kier alpha value is -2.33. The van der Waals surface area contributed by atoms with Gasteiger partial charge in [0.2, 0.25) is 0 Å². The number of hydrogen-bond donors (Lipinski definition) is 0. The van der Waals surface area contributed by atoms with E-state index in [0.717, 1.165) is 6.20 Å². The van der Waals surface area contributed by atoms with E-state index in [-0.39, 0.29) is 17.6 Å². The molecular formula is C11H11NO5. The van der Waals surface area contributed by atoms with Crippen molar-refractivity contribution in [3.8, 4) is 0 Å². The van der Waals surface area contributed by atoms with Gasteiger partial charge in [0.05, 0.1) is 31.6 Å². The zero-order valence-electron chi connectivity index (χ0n) is 9.43. The van der Waals surface area contributed by atoms with E-state index in [0.29, 0.717) is 0 Å². The van der Waals surface area contributed by atoms with E-state index >= 15 is 0 Å². The highest BCUT2D eigenvalue weighted by atomic mass is 16.5. The number of carbonyl (C=O) groups is 2. The van der Waals surface area contributed by atoms with Crippen molar-refractivity contribution in [1.29, 1.82) is 0 Å². The Balaban J connectivity index is 3.02. The SMILES string of the molecule is COC(=O)C1=CN(C=C=O)C=C(C(=O)OC)C1. The monoisotopic (exact) mass is 237 g/mol. The maximum absolute atomic E-state index is 11.4. The van der Waals surface area contributed by atoms with Gasteiger partial charge in [0.25, 0.3) is 0 Å². The molecule has 0 radical (unpaired) electrons. The Bertz CT molecular complexity index is 411. The van der Waals surface area contributed by atoms with Gasteiger partial charge in [-0.25, -0.2) is 14.4 Å². The Morgan fingerprint density at radius 3 is 2.06 bits per heavy atom. The molecule has 6 heteroatoms. The highest BCUT2D eigenvalue weighted by Gasteiger charge is 2.22. The number of rotatable bonds is 3. The first-order chi connectivity index (χ1) is 8.12. The van der Waals surface area contributed by atoms with Crippen molar-refractivity contribution >= 4 is 17.9 Å². The molecule has 0 aliphatic carbocycles. The highest BCUT2D eigenvalue weighted by molar-refractivity contribution is 5.95. The van der Waals surface area contributed by atoms with Crippen molar-refractivity contribution in [1.82, 2.24) is 4.90 Å². The van der Waals surface area contributed by atoms with Gasteiger partial charge in [-0.15, -0.1) is 0 Å². The van der Waals surface area contributed by atoms with Crippen LogP contribution >= 0.6 is 0 Å². The Morgan fingerprint density at radius 2 is 1.71 bits per heavy atom. The lowest BCUT2D eigenvalue weighted by Crippen LogP contribution is -2.19. The van der Waals surface area contributed by atoms with E-state index in [1.54, 1.807) is 5.94 Å². The predicted molar refractivity (Wildman–Crippen MR) is 56.9 cm³/mol. The van der Waals surface area contributed by atoms with Crippen molar-refractivity contribution in [3.63, 3.8) is 0 Å². The van der Waals surface area contributed by atoms with Crippen molar-refractivity contribution in [2.45, 2.75) is 6.42 Å². The van der Waals surface area contributed by atoms with Crippen molar-refractivity contribution in [3.05, 3.63) is 29.7 Å². The molecule has 1 rings (SSSR count). The molecule has 0 atom stereocenters. The summed E-state index contributed by atoms with van der Waals surface area (Å²) in [6.07, 6.45) is 3.93. The van der Waals surface area contributed by atoms with E-state index in [1.165, 1.54) is 31.5 Å². The van der Waals surface area contributed by atoms with E-state index < -0.39 is 11.9 Å². The van der Waals surface area contributed by atoms with Crippen LogP contribution in [0.25, 0.3) is 0 Å². The minimum Gasteiger partial charge on any atom is -0.466 e. The second-order valence-corrected chi connectivity index (χ2v) is 3.16. The molecule has 0 aromatic rings. The summed E-state index contributed by atoms with van der Waals surface area (Å²) in [6.45, 7) is 0. The zero-order chi connectivity index (χ0) is 12.8. The van der Waals surface area contributed by atoms with Gasteiger partial charge in [-0.3, -0.25) is 0 Å². The normalized spacial score (nSPS) is 14.1. The Kier molecular flexibility index (Phi) is 4.25. The zero-order valence-corrected chi connectivity index (χ0v) is 9.43. The third-order valence-electron chi connectivity index (χ3n) is 2.09. The third kappa shape index (κ3) is 3.06. The summed E-state index contributed by atoms with van der Waals surface area (Å²) in [5.41, 5.74) is 0.504. The maximum atomic E-state index is 11.4. The lowest BCUT2D eigenvalue weighted by molar-refractivity contribution is -0.136. The second kappa shape index (κ2) is 5.67. The molecule has 0 amide bonds. The van der Waals surface area contributed by atoms with Gasteiger partial charge >= 0.3 is 11.9 Å². The summed E-state index contributed by atoms with van der Waals surface area (Å²) in [5, 5.41) is 0. The number of hydrogen-bond acceptors (Lipinski definition) is 6. The van der Waals surface area contributed by atoms with Crippen LogP contribution in [0, 0.1) is 0 Å². The summed E-state index contributed by atoms with van der Waals surface area (Å²) in [4.78, 5) is 34.2. The fourth-order valence-corrected chi connectivity index (χ4v) is 1.34. The Morgan fingerprint density at radius 1 is 1.24 bits per heavy atom. The topological polar surface area (TPSA) is 72.9 Å². The van der Waals surface area contributed by atoms with Crippen LogP contribution in [0.15, 0.2) is 29.7 Å². The fraction of sp³-hybridized carbons (Fsp3) is 0.273. The molecule has 0 aromatic heterocycles. The average molecular weight is 237 g/mol. The second-order valence-electron chi connectivity index (χ2n) is 3.16. The average Bonchev–Trinajstić information content (AvgIpc) is 2.36. The number of methoxy groups -OCH3 is 2. The molecule has 0 aromatic carbocycles. The van der Waals surface area contributed by atoms with E-state index in [9.17, 15) is 14.4 Å². The van der Waals surface area contributed by atoms with Crippen LogP contribution in [0.2, 0.25) is 0 Å². The fourth-order valence-electron chi connectivity index (χ4n) is 1.34. The molecule has 0 bridgehead atoms. The van der Waals surface area contributed by atoms with E-state index in [2.05, 4.69) is 9.47 Å².